The number of benzene rings is 1. The first kappa shape index (κ1) is 25.5. The van der Waals surface area contributed by atoms with E-state index in [-0.39, 0.29) is 6.29 Å². The molecule has 1 saturated heterocycles. The predicted molar refractivity (Wildman–Crippen MR) is 144 cm³/mol. The molecule has 7 nitrogen and oxygen atoms in total. The summed E-state index contributed by atoms with van der Waals surface area (Å²) in [7, 11) is 0. The summed E-state index contributed by atoms with van der Waals surface area (Å²) in [5, 5.41) is 10.2. The lowest BCUT2D eigenvalue weighted by Crippen LogP contribution is -2.22. The summed E-state index contributed by atoms with van der Waals surface area (Å²) < 4.78 is 19.5. The molecule has 0 bridgehead atoms. The minimum absolute atomic E-state index is 0.119. The van der Waals surface area contributed by atoms with Crippen molar-refractivity contribution in [3.8, 4) is 23.3 Å². The fourth-order valence-electron chi connectivity index (χ4n) is 4.35. The van der Waals surface area contributed by atoms with Gasteiger partial charge in [0.25, 0.3) is 0 Å². The molecule has 3 aromatic rings. The van der Waals surface area contributed by atoms with E-state index in [1.807, 2.05) is 48.0 Å². The van der Waals surface area contributed by atoms with E-state index in [4.69, 9.17) is 14.2 Å². The van der Waals surface area contributed by atoms with E-state index in [0.717, 1.165) is 72.3 Å². The highest BCUT2D eigenvalue weighted by Gasteiger charge is 2.19. The number of thioether (sulfide) groups is 1. The van der Waals surface area contributed by atoms with Crippen LogP contribution in [0, 0.1) is 18.8 Å². The van der Waals surface area contributed by atoms with Crippen LogP contribution in [0.5, 0.6) is 5.75 Å². The van der Waals surface area contributed by atoms with Gasteiger partial charge in [0.15, 0.2) is 17.3 Å². The van der Waals surface area contributed by atoms with Crippen molar-refractivity contribution in [2.45, 2.75) is 68.8 Å². The quantitative estimate of drug-likeness (QED) is 0.283. The minimum atomic E-state index is -0.119. The Balaban J connectivity index is 1.24. The number of hydrogen-bond acceptors (Lipinski definition) is 7. The Bertz CT molecular complexity index is 1260. The highest BCUT2D eigenvalue weighted by Crippen LogP contribution is 2.31. The number of pyridine rings is 1. The number of aromatic nitrogens is 4. The Morgan fingerprint density at radius 1 is 1.16 bits per heavy atom. The Morgan fingerprint density at radius 3 is 2.92 bits per heavy atom. The van der Waals surface area contributed by atoms with E-state index in [1.54, 1.807) is 18.0 Å². The van der Waals surface area contributed by atoms with Crippen molar-refractivity contribution in [3.05, 3.63) is 71.8 Å². The minimum Gasteiger partial charge on any atom is -0.486 e. The summed E-state index contributed by atoms with van der Waals surface area (Å²) in [5.74, 6) is 7.80. The molecule has 2 atom stereocenters. The van der Waals surface area contributed by atoms with E-state index in [1.165, 1.54) is 6.42 Å². The van der Waals surface area contributed by atoms with Crippen molar-refractivity contribution in [1.82, 2.24) is 19.7 Å². The van der Waals surface area contributed by atoms with Gasteiger partial charge < -0.3 is 14.2 Å². The van der Waals surface area contributed by atoms with Gasteiger partial charge in [-0.25, -0.2) is 0 Å². The van der Waals surface area contributed by atoms with Crippen molar-refractivity contribution < 1.29 is 14.2 Å². The maximum absolute atomic E-state index is 6.14. The van der Waals surface area contributed by atoms with Crippen LogP contribution >= 0.6 is 11.8 Å². The lowest BCUT2D eigenvalue weighted by atomic mass is 10.1. The molecule has 1 aliphatic heterocycles. The molecule has 1 fully saturated rings. The second kappa shape index (κ2) is 12.9. The maximum atomic E-state index is 6.14. The van der Waals surface area contributed by atoms with Crippen LogP contribution in [0.3, 0.4) is 0 Å². The zero-order valence-corrected chi connectivity index (χ0v) is 22.0. The fourth-order valence-corrected chi connectivity index (χ4v) is 5.50. The third kappa shape index (κ3) is 7.01. The van der Waals surface area contributed by atoms with E-state index < -0.39 is 0 Å². The summed E-state index contributed by atoms with van der Waals surface area (Å²) in [6.07, 6.45) is 14.7. The lowest BCUT2D eigenvalue weighted by molar-refractivity contribution is -0.154. The number of aryl methyl sites for hydroxylation is 1. The number of nitrogens with zero attached hydrogens (tertiary/aromatic N) is 4. The van der Waals surface area contributed by atoms with Crippen molar-refractivity contribution >= 4 is 11.8 Å². The van der Waals surface area contributed by atoms with Gasteiger partial charge in [0.05, 0.1) is 11.9 Å². The largest absolute Gasteiger partial charge is 0.486 e. The molecule has 0 saturated carbocycles. The Hall–Kier alpha value is -3.12. The van der Waals surface area contributed by atoms with Gasteiger partial charge in [-0.1, -0.05) is 35.8 Å². The van der Waals surface area contributed by atoms with Gasteiger partial charge in [0.1, 0.15) is 19.0 Å². The second-order valence-corrected chi connectivity index (χ2v) is 10.3. The first-order valence-corrected chi connectivity index (χ1v) is 13.8. The number of allylic oxidation sites excluding steroid dienone is 1. The molecule has 1 aromatic carbocycles. The van der Waals surface area contributed by atoms with Gasteiger partial charge in [0.2, 0.25) is 0 Å². The van der Waals surface area contributed by atoms with Crippen molar-refractivity contribution in [3.63, 3.8) is 0 Å². The normalized spacial score (nSPS) is 19.3. The average Bonchev–Trinajstić information content (AvgIpc) is 3.34. The van der Waals surface area contributed by atoms with E-state index in [9.17, 15) is 0 Å². The van der Waals surface area contributed by atoms with Crippen LogP contribution in [0.25, 0.3) is 5.69 Å². The van der Waals surface area contributed by atoms with Crippen molar-refractivity contribution in [2.75, 3.05) is 13.2 Å². The summed E-state index contributed by atoms with van der Waals surface area (Å²) in [6.45, 7) is 3.47. The van der Waals surface area contributed by atoms with Crippen LogP contribution < -0.4 is 4.74 Å². The van der Waals surface area contributed by atoms with Crippen LogP contribution in [-0.2, 0) is 16.1 Å². The predicted octanol–water partition coefficient (Wildman–Crippen LogP) is 5.65. The van der Waals surface area contributed by atoms with Crippen LogP contribution in [-0.4, -0.2) is 44.5 Å². The van der Waals surface area contributed by atoms with E-state index in [0.29, 0.717) is 18.5 Å². The average molecular weight is 517 g/mol. The van der Waals surface area contributed by atoms with Crippen molar-refractivity contribution in [2.24, 2.45) is 0 Å². The van der Waals surface area contributed by atoms with Gasteiger partial charge in [-0.05, 0) is 81.3 Å². The second-order valence-electron chi connectivity index (χ2n) is 9.14. The molecule has 8 heteroatoms. The first-order chi connectivity index (χ1) is 18.3. The van der Waals surface area contributed by atoms with Gasteiger partial charge in [-0.2, -0.15) is 0 Å². The first-order valence-electron chi connectivity index (χ1n) is 12.9. The molecule has 0 N–H and O–H groups in total. The van der Waals surface area contributed by atoms with Gasteiger partial charge in [0, 0.05) is 23.6 Å². The molecule has 2 aliphatic rings. The molecule has 5 rings (SSSR count). The van der Waals surface area contributed by atoms with Gasteiger partial charge in [-0.3, -0.25) is 9.55 Å². The molecule has 3 heterocycles. The van der Waals surface area contributed by atoms with Crippen LogP contribution in [0.1, 0.15) is 55.5 Å². The molecular weight excluding hydrogens is 484 g/mol. The third-order valence-corrected chi connectivity index (χ3v) is 7.51. The molecular formula is C29H32N4O3S. The molecule has 1 aliphatic carbocycles. The molecule has 0 radical (unpaired) electrons. The highest BCUT2D eigenvalue weighted by molar-refractivity contribution is 7.99. The molecule has 192 valence electrons. The molecule has 2 aromatic heterocycles. The lowest BCUT2D eigenvalue weighted by Gasteiger charge is -2.21. The fraction of sp³-hybridized carbons (Fsp3) is 0.414. The smallest absolute Gasteiger partial charge is 0.196 e. The van der Waals surface area contributed by atoms with Crippen LogP contribution in [0.15, 0.2) is 60.0 Å². The maximum Gasteiger partial charge on any atom is 0.196 e. The zero-order valence-electron chi connectivity index (χ0n) is 21.1. The van der Waals surface area contributed by atoms with Gasteiger partial charge in [-0.15, -0.1) is 10.2 Å². The molecule has 0 spiro atoms. The summed E-state index contributed by atoms with van der Waals surface area (Å²) in [6, 6.07) is 9.86. The summed E-state index contributed by atoms with van der Waals surface area (Å²) in [5.41, 5.74) is 2.93. The monoisotopic (exact) mass is 516 g/mol. The number of ether oxygens (including phenoxy) is 3. The molecule has 37 heavy (non-hydrogen) atoms. The zero-order chi connectivity index (χ0) is 25.3. The topological polar surface area (TPSA) is 71.3 Å². The Kier molecular flexibility index (Phi) is 8.91. The number of rotatable bonds is 8. The van der Waals surface area contributed by atoms with Gasteiger partial charge >= 0.3 is 0 Å². The standard InChI is InChI=1S/C29H32N4O3S/c1-22-19-25(15-14-23(22)9-8-18-35-28-13-5-6-17-34-28)36-21-27-31-32-29(37-26-11-3-2-4-12-26)33(27)24-10-7-16-30-20-24/h3,7,10-11,14-16,19-20,26,28H,2,4-6,12-13,17-18,21H2,1H3. The molecule has 2 unspecified atom stereocenters. The SMILES string of the molecule is Cc1cc(OCc2nnc(SC3C=CCCC3)n2-c2cccnc2)ccc1C#CCOC1CCCCO1. The van der Waals surface area contributed by atoms with E-state index in [2.05, 4.69) is 39.2 Å². The summed E-state index contributed by atoms with van der Waals surface area (Å²) in [4.78, 5) is 4.30. The highest BCUT2D eigenvalue weighted by atomic mass is 32.2. The summed E-state index contributed by atoms with van der Waals surface area (Å²) >= 11 is 1.74. The Morgan fingerprint density at radius 2 is 2.14 bits per heavy atom. The van der Waals surface area contributed by atoms with E-state index >= 15 is 0 Å². The van der Waals surface area contributed by atoms with Crippen molar-refractivity contribution in [1.29, 1.82) is 0 Å². The van der Waals surface area contributed by atoms with Crippen LogP contribution in [0.4, 0.5) is 0 Å². The third-order valence-electron chi connectivity index (χ3n) is 6.34. The van der Waals surface area contributed by atoms with Crippen LogP contribution in [0.2, 0.25) is 0 Å². The number of hydrogen-bond donors (Lipinski definition) is 0. The Labute approximate surface area is 222 Å². The molecule has 0 amide bonds.